The van der Waals surface area contributed by atoms with Gasteiger partial charge in [-0.25, -0.2) is 0 Å². The molecule has 1 aromatic heterocycles. The van der Waals surface area contributed by atoms with E-state index in [-0.39, 0.29) is 12.1 Å². The quantitative estimate of drug-likeness (QED) is 0.865. The molecule has 0 amide bonds. The minimum atomic E-state index is -0.0825. The Balaban J connectivity index is 1.93. The Morgan fingerprint density at radius 3 is 2.76 bits per heavy atom. The van der Waals surface area contributed by atoms with Crippen LogP contribution >= 0.6 is 22.9 Å². The number of hydrogen-bond donors (Lipinski definition) is 2. The number of aliphatic hydroxyl groups excluding tert-OH is 1. The number of rotatable bonds is 5. The lowest BCUT2D eigenvalue weighted by atomic mass is 9.82. The zero-order chi connectivity index (χ0) is 12.4. The number of likely N-dealkylation sites (N-methyl/N-ethyl adjacent to an activating group) is 1. The van der Waals surface area contributed by atoms with Crippen molar-refractivity contribution in [2.45, 2.75) is 25.0 Å². The first kappa shape index (κ1) is 13.3. The average Bonchev–Trinajstić information content (AvgIpc) is 2.64. The van der Waals surface area contributed by atoms with Crippen molar-refractivity contribution < 1.29 is 5.11 Å². The van der Waals surface area contributed by atoms with Gasteiger partial charge in [0, 0.05) is 18.0 Å². The van der Waals surface area contributed by atoms with E-state index in [1.54, 1.807) is 11.3 Å². The van der Waals surface area contributed by atoms with Gasteiger partial charge in [0.05, 0.1) is 16.5 Å². The molecule has 0 spiro atoms. The van der Waals surface area contributed by atoms with E-state index in [9.17, 15) is 5.11 Å². The Labute approximate surface area is 111 Å². The van der Waals surface area contributed by atoms with E-state index >= 15 is 0 Å². The lowest BCUT2D eigenvalue weighted by molar-refractivity contribution is 0.0226. The summed E-state index contributed by atoms with van der Waals surface area (Å²) in [5.74, 6) is 0.611. The summed E-state index contributed by atoms with van der Waals surface area (Å²) >= 11 is 7.55. The fourth-order valence-electron chi connectivity index (χ4n) is 2.40. The molecule has 0 aromatic carbocycles. The standard InChI is InChI=1S/C12H19ClN2OS/c1-15(7-8-4-9(16)5-8)10(6-14)11-2-3-12(13)17-11/h2-3,8-10,16H,4-7,14H2,1H3. The number of aliphatic hydroxyl groups is 1. The summed E-state index contributed by atoms with van der Waals surface area (Å²) in [6.45, 7) is 1.59. The van der Waals surface area contributed by atoms with Crippen LogP contribution in [0.5, 0.6) is 0 Å². The minimum absolute atomic E-state index is 0.0825. The third-order valence-corrected chi connectivity index (χ3v) is 4.77. The minimum Gasteiger partial charge on any atom is -0.393 e. The topological polar surface area (TPSA) is 49.5 Å². The van der Waals surface area contributed by atoms with Crippen LogP contribution in [0.1, 0.15) is 23.8 Å². The van der Waals surface area contributed by atoms with Crippen molar-refractivity contribution in [3.05, 3.63) is 21.3 Å². The molecule has 1 heterocycles. The molecular formula is C12H19ClN2OS. The summed E-state index contributed by atoms with van der Waals surface area (Å²) in [4.78, 5) is 3.50. The molecule has 0 radical (unpaired) electrons. The number of halogens is 1. The first-order valence-electron chi connectivity index (χ1n) is 5.93. The highest BCUT2D eigenvalue weighted by molar-refractivity contribution is 7.16. The van der Waals surface area contributed by atoms with Crippen LogP contribution < -0.4 is 5.73 Å². The molecule has 0 saturated heterocycles. The second-order valence-corrected chi connectivity index (χ2v) is 6.57. The Morgan fingerprint density at radius 1 is 1.59 bits per heavy atom. The maximum absolute atomic E-state index is 9.29. The molecule has 17 heavy (non-hydrogen) atoms. The van der Waals surface area contributed by atoms with Gasteiger partial charge in [0.1, 0.15) is 0 Å². The van der Waals surface area contributed by atoms with Crippen LogP contribution in [0.15, 0.2) is 12.1 Å². The molecule has 1 unspecified atom stereocenters. The smallest absolute Gasteiger partial charge is 0.0931 e. The zero-order valence-corrected chi connectivity index (χ0v) is 11.5. The van der Waals surface area contributed by atoms with Crippen molar-refractivity contribution in [2.75, 3.05) is 20.1 Å². The predicted octanol–water partition coefficient (Wildman–Crippen LogP) is 2.10. The average molecular weight is 275 g/mol. The second-order valence-electron chi connectivity index (χ2n) is 4.82. The van der Waals surface area contributed by atoms with Crippen molar-refractivity contribution in [2.24, 2.45) is 11.7 Å². The number of thiophene rings is 1. The van der Waals surface area contributed by atoms with Gasteiger partial charge in [-0.1, -0.05) is 11.6 Å². The summed E-state index contributed by atoms with van der Waals surface area (Å²) in [5.41, 5.74) is 5.85. The van der Waals surface area contributed by atoms with Gasteiger partial charge in [-0.05, 0) is 37.9 Å². The lowest BCUT2D eigenvalue weighted by Crippen LogP contribution is -2.40. The molecule has 0 bridgehead atoms. The summed E-state index contributed by atoms with van der Waals surface area (Å²) in [6.07, 6.45) is 1.76. The van der Waals surface area contributed by atoms with Gasteiger partial charge in [0.2, 0.25) is 0 Å². The van der Waals surface area contributed by atoms with Crippen molar-refractivity contribution in [3.8, 4) is 0 Å². The van der Waals surface area contributed by atoms with Gasteiger partial charge in [-0.15, -0.1) is 11.3 Å². The van der Waals surface area contributed by atoms with Crippen molar-refractivity contribution in [1.82, 2.24) is 4.90 Å². The van der Waals surface area contributed by atoms with E-state index in [0.717, 1.165) is 23.7 Å². The Hall–Kier alpha value is -0.130. The lowest BCUT2D eigenvalue weighted by Gasteiger charge is -2.37. The van der Waals surface area contributed by atoms with Crippen LogP contribution in [-0.2, 0) is 0 Å². The van der Waals surface area contributed by atoms with Crippen LogP contribution in [0.2, 0.25) is 4.34 Å². The van der Waals surface area contributed by atoms with E-state index in [4.69, 9.17) is 17.3 Å². The largest absolute Gasteiger partial charge is 0.393 e. The number of hydrogen-bond acceptors (Lipinski definition) is 4. The first-order chi connectivity index (χ1) is 8.10. The highest BCUT2D eigenvalue weighted by atomic mass is 35.5. The van der Waals surface area contributed by atoms with E-state index in [0.29, 0.717) is 12.5 Å². The molecule has 1 aliphatic carbocycles. The first-order valence-corrected chi connectivity index (χ1v) is 7.13. The molecule has 1 aliphatic rings. The molecule has 1 aromatic rings. The summed E-state index contributed by atoms with van der Waals surface area (Å²) in [6, 6.07) is 4.21. The Morgan fingerprint density at radius 2 is 2.29 bits per heavy atom. The highest BCUT2D eigenvalue weighted by Crippen LogP contribution is 2.33. The molecule has 3 nitrogen and oxygen atoms in total. The monoisotopic (exact) mass is 274 g/mol. The number of nitrogens with zero attached hydrogens (tertiary/aromatic N) is 1. The van der Waals surface area contributed by atoms with Gasteiger partial charge in [-0.2, -0.15) is 0 Å². The van der Waals surface area contributed by atoms with E-state index in [2.05, 4.69) is 18.0 Å². The maximum Gasteiger partial charge on any atom is 0.0931 e. The molecule has 1 fully saturated rings. The number of nitrogens with two attached hydrogens (primary N) is 1. The van der Waals surface area contributed by atoms with Crippen molar-refractivity contribution in [1.29, 1.82) is 0 Å². The summed E-state index contributed by atoms with van der Waals surface area (Å²) in [7, 11) is 2.09. The molecule has 1 saturated carbocycles. The van der Waals surface area contributed by atoms with Gasteiger partial charge in [0.15, 0.2) is 0 Å². The Bertz CT molecular complexity index is 365. The van der Waals surface area contributed by atoms with Crippen LogP contribution in [0.3, 0.4) is 0 Å². The molecular weight excluding hydrogens is 256 g/mol. The molecule has 0 aliphatic heterocycles. The predicted molar refractivity (Wildman–Crippen MR) is 72.5 cm³/mol. The normalized spacial score (nSPS) is 25.9. The molecule has 1 atom stereocenters. The fraction of sp³-hybridized carbons (Fsp3) is 0.667. The highest BCUT2D eigenvalue weighted by Gasteiger charge is 2.30. The van der Waals surface area contributed by atoms with Gasteiger partial charge < -0.3 is 10.8 Å². The second kappa shape index (κ2) is 5.67. The molecule has 3 N–H and O–H groups in total. The van der Waals surface area contributed by atoms with Crippen molar-refractivity contribution >= 4 is 22.9 Å². The van der Waals surface area contributed by atoms with Crippen LogP contribution in [0.4, 0.5) is 0 Å². The van der Waals surface area contributed by atoms with Crippen molar-refractivity contribution in [3.63, 3.8) is 0 Å². The molecule has 2 rings (SSSR count). The zero-order valence-electron chi connectivity index (χ0n) is 9.97. The molecule has 5 heteroatoms. The Kier molecular flexibility index (Phi) is 4.44. The van der Waals surface area contributed by atoms with Crippen LogP contribution in [0, 0.1) is 5.92 Å². The third-order valence-electron chi connectivity index (χ3n) is 3.43. The SMILES string of the molecule is CN(CC1CC(O)C1)C(CN)c1ccc(Cl)s1. The van der Waals surface area contributed by atoms with Gasteiger partial charge in [-0.3, -0.25) is 4.90 Å². The van der Waals surface area contributed by atoms with Gasteiger partial charge in [0.25, 0.3) is 0 Å². The maximum atomic E-state index is 9.29. The van der Waals surface area contributed by atoms with Crippen LogP contribution in [-0.4, -0.2) is 36.2 Å². The third kappa shape index (κ3) is 3.20. The molecule has 96 valence electrons. The summed E-state index contributed by atoms with van der Waals surface area (Å²) < 4.78 is 0.811. The fourth-order valence-corrected chi connectivity index (χ4v) is 3.64. The van der Waals surface area contributed by atoms with E-state index < -0.39 is 0 Å². The van der Waals surface area contributed by atoms with Gasteiger partial charge >= 0.3 is 0 Å². The van der Waals surface area contributed by atoms with E-state index in [1.165, 1.54) is 4.88 Å². The van der Waals surface area contributed by atoms with E-state index in [1.807, 2.05) is 6.07 Å². The van der Waals surface area contributed by atoms with Crippen LogP contribution in [0.25, 0.3) is 0 Å². The summed E-state index contributed by atoms with van der Waals surface area (Å²) in [5, 5.41) is 9.29.